The molecule has 0 spiro atoms. The van der Waals surface area contributed by atoms with Gasteiger partial charge in [-0.15, -0.1) is 11.6 Å². The smallest absolute Gasteiger partial charge is 0.220 e. The third kappa shape index (κ3) is 5.09. The lowest BCUT2D eigenvalue weighted by atomic mass is 10.0. The summed E-state index contributed by atoms with van der Waals surface area (Å²) >= 11 is 6.03. The van der Waals surface area contributed by atoms with E-state index in [1.54, 1.807) is 0 Å². The average Bonchev–Trinajstić information content (AvgIpc) is 2.29. The number of halogens is 1. The molecular weight excluding hydrogens is 246 g/mol. The van der Waals surface area contributed by atoms with Crippen LogP contribution >= 0.6 is 11.6 Å². The standard InChI is InChI=1S/C15H22ClNO/c1-12(16)15(2,3)17-14(18)11-7-10-13-8-5-4-6-9-13/h4-6,8-9,12H,7,10-11H2,1-3H3,(H,17,18). The average molecular weight is 268 g/mol. The molecule has 18 heavy (non-hydrogen) atoms. The lowest BCUT2D eigenvalue weighted by Crippen LogP contribution is -2.48. The van der Waals surface area contributed by atoms with E-state index in [1.165, 1.54) is 5.56 Å². The van der Waals surface area contributed by atoms with Crippen molar-refractivity contribution in [2.45, 2.75) is 50.9 Å². The summed E-state index contributed by atoms with van der Waals surface area (Å²) in [5, 5.41) is 2.88. The Labute approximate surface area is 115 Å². The molecule has 0 aliphatic heterocycles. The zero-order chi connectivity index (χ0) is 13.6. The molecule has 0 heterocycles. The molecule has 0 aromatic heterocycles. The van der Waals surface area contributed by atoms with Gasteiger partial charge in [0.05, 0.1) is 10.9 Å². The van der Waals surface area contributed by atoms with Crippen LogP contribution in [0.25, 0.3) is 0 Å². The Hall–Kier alpha value is -1.02. The maximum Gasteiger partial charge on any atom is 0.220 e. The van der Waals surface area contributed by atoms with Gasteiger partial charge in [-0.05, 0) is 39.2 Å². The molecule has 3 heteroatoms. The minimum Gasteiger partial charge on any atom is -0.350 e. The van der Waals surface area contributed by atoms with Crippen molar-refractivity contribution in [2.24, 2.45) is 0 Å². The van der Waals surface area contributed by atoms with E-state index in [1.807, 2.05) is 39.0 Å². The Morgan fingerprint density at radius 1 is 1.33 bits per heavy atom. The topological polar surface area (TPSA) is 29.1 Å². The van der Waals surface area contributed by atoms with Gasteiger partial charge < -0.3 is 5.32 Å². The van der Waals surface area contributed by atoms with Crippen LogP contribution in [0, 0.1) is 0 Å². The number of alkyl halides is 1. The molecule has 1 amide bonds. The summed E-state index contributed by atoms with van der Waals surface area (Å²) in [6.07, 6.45) is 2.34. The summed E-state index contributed by atoms with van der Waals surface area (Å²) < 4.78 is 0. The lowest BCUT2D eigenvalue weighted by molar-refractivity contribution is -0.122. The Kier molecular flexibility index (Phi) is 5.67. The van der Waals surface area contributed by atoms with Crippen LogP contribution in [-0.4, -0.2) is 16.8 Å². The predicted octanol–water partition coefficient (Wildman–Crippen LogP) is 3.53. The number of rotatable bonds is 6. The summed E-state index contributed by atoms with van der Waals surface area (Å²) in [7, 11) is 0. The summed E-state index contributed by atoms with van der Waals surface area (Å²) in [5.41, 5.74) is 0.918. The molecule has 1 unspecified atom stereocenters. The van der Waals surface area contributed by atoms with E-state index in [0.29, 0.717) is 6.42 Å². The Bertz CT molecular complexity index is 373. The van der Waals surface area contributed by atoms with Gasteiger partial charge in [-0.25, -0.2) is 0 Å². The number of carbonyl (C=O) groups is 1. The number of hydrogen-bond donors (Lipinski definition) is 1. The minimum atomic E-state index is -0.356. The van der Waals surface area contributed by atoms with Crippen LogP contribution in [0.5, 0.6) is 0 Å². The first-order valence-corrected chi connectivity index (χ1v) is 6.84. The van der Waals surface area contributed by atoms with Gasteiger partial charge in [0, 0.05) is 6.42 Å². The van der Waals surface area contributed by atoms with Crippen molar-refractivity contribution in [1.82, 2.24) is 5.32 Å². The van der Waals surface area contributed by atoms with Crippen LogP contribution in [0.4, 0.5) is 0 Å². The molecule has 0 saturated heterocycles. The third-order valence-electron chi connectivity index (χ3n) is 3.17. The second kappa shape index (κ2) is 6.79. The highest BCUT2D eigenvalue weighted by molar-refractivity contribution is 6.21. The molecule has 0 aliphatic rings. The van der Waals surface area contributed by atoms with Crippen LogP contribution in [0.15, 0.2) is 30.3 Å². The molecule has 1 aromatic rings. The summed E-state index contributed by atoms with van der Waals surface area (Å²) in [5.74, 6) is 0.0726. The number of hydrogen-bond acceptors (Lipinski definition) is 1. The van der Waals surface area contributed by atoms with Crippen LogP contribution in [0.2, 0.25) is 0 Å². The number of benzene rings is 1. The maximum absolute atomic E-state index is 11.8. The minimum absolute atomic E-state index is 0.0726. The molecule has 1 atom stereocenters. The van der Waals surface area contributed by atoms with Crippen LogP contribution in [0.3, 0.4) is 0 Å². The zero-order valence-corrected chi connectivity index (χ0v) is 12.1. The largest absolute Gasteiger partial charge is 0.350 e. The zero-order valence-electron chi connectivity index (χ0n) is 11.4. The molecular formula is C15H22ClNO. The second-order valence-electron chi connectivity index (χ2n) is 5.23. The number of carbonyl (C=O) groups excluding carboxylic acids is 1. The summed E-state index contributed by atoms with van der Waals surface area (Å²) in [6, 6.07) is 10.2. The highest BCUT2D eigenvalue weighted by Gasteiger charge is 2.25. The molecule has 0 saturated carbocycles. The van der Waals surface area contributed by atoms with Crippen molar-refractivity contribution in [1.29, 1.82) is 0 Å². The van der Waals surface area contributed by atoms with E-state index in [2.05, 4.69) is 17.4 Å². The van der Waals surface area contributed by atoms with E-state index in [0.717, 1.165) is 12.8 Å². The van der Waals surface area contributed by atoms with Crippen LogP contribution in [-0.2, 0) is 11.2 Å². The van der Waals surface area contributed by atoms with Crippen LogP contribution in [0.1, 0.15) is 39.2 Å². The molecule has 0 fully saturated rings. The van der Waals surface area contributed by atoms with Gasteiger partial charge in [-0.1, -0.05) is 30.3 Å². The van der Waals surface area contributed by atoms with E-state index in [4.69, 9.17) is 11.6 Å². The van der Waals surface area contributed by atoms with Gasteiger partial charge in [0.15, 0.2) is 0 Å². The molecule has 1 aromatic carbocycles. The summed E-state index contributed by atoms with van der Waals surface area (Å²) in [6.45, 7) is 5.78. The van der Waals surface area contributed by atoms with Crippen molar-refractivity contribution in [3.05, 3.63) is 35.9 Å². The fraction of sp³-hybridized carbons (Fsp3) is 0.533. The summed E-state index contributed by atoms with van der Waals surface area (Å²) in [4.78, 5) is 11.8. The van der Waals surface area contributed by atoms with E-state index in [-0.39, 0.29) is 16.8 Å². The number of aryl methyl sites for hydroxylation is 1. The maximum atomic E-state index is 11.8. The first-order valence-electron chi connectivity index (χ1n) is 6.41. The van der Waals surface area contributed by atoms with Crippen molar-refractivity contribution in [3.8, 4) is 0 Å². The monoisotopic (exact) mass is 267 g/mol. The molecule has 2 nitrogen and oxygen atoms in total. The van der Waals surface area contributed by atoms with Crippen LogP contribution < -0.4 is 5.32 Å². The first kappa shape index (κ1) is 15.0. The van der Waals surface area contributed by atoms with E-state index >= 15 is 0 Å². The highest BCUT2D eigenvalue weighted by Crippen LogP contribution is 2.15. The predicted molar refractivity (Wildman–Crippen MR) is 76.9 cm³/mol. The van der Waals surface area contributed by atoms with Crippen molar-refractivity contribution < 1.29 is 4.79 Å². The van der Waals surface area contributed by atoms with Crippen molar-refractivity contribution in [2.75, 3.05) is 0 Å². The van der Waals surface area contributed by atoms with Crippen molar-refractivity contribution in [3.63, 3.8) is 0 Å². The van der Waals surface area contributed by atoms with Crippen molar-refractivity contribution >= 4 is 17.5 Å². The number of nitrogens with one attached hydrogen (secondary N) is 1. The molecule has 0 radical (unpaired) electrons. The van der Waals surface area contributed by atoms with Gasteiger partial charge in [0.25, 0.3) is 0 Å². The van der Waals surface area contributed by atoms with Gasteiger partial charge in [0.2, 0.25) is 5.91 Å². The molecule has 0 bridgehead atoms. The quantitative estimate of drug-likeness (QED) is 0.785. The normalized spacial score (nSPS) is 13.1. The fourth-order valence-electron chi connectivity index (χ4n) is 1.62. The Balaban J connectivity index is 2.30. The fourth-order valence-corrected chi connectivity index (χ4v) is 1.67. The highest BCUT2D eigenvalue weighted by atomic mass is 35.5. The van der Waals surface area contributed by atoms with Gasteiger partial charge >= 0.3 is 0 Å². The van der Waals surface area contributed by atoms with E-state index < -0.39 is 0 Å². The van der Waals surface area contributed by atoms with Gasteiger partial charge in [-0.3, -0.25) is 4.79 Å². The van der Waals surface area contributed by atoms with E-state index in [9.17, 15) is 4.79 Å². The van der Waals surface area contributed by atoms with Gasteiger partial charge in [-0.2, -0.15) is 0 Å². The second-order valence-corrected chi connectivity index (χ2v) is 5.88. The Morgan fingerprint density at radius 3 is 2.50 bits per heavy atom. The molecule has 1 N–H and O–H groups in total. The molecule has 100 valence electrons. The Morgan fingerprint density at radius 2 is 1.94 bits per heavy atom. The SMILES string of the molecule is CC(Cl)C(C)(C)NC(=O)CCCc1ccccc1. The molecule has 0 aliphatic carbocycles. The first-order chi connectivity index (χ1) is 8.42. The van der Waals surface area contributed by atoms with Gasteiger partial charge in [0.1, 0.15) is 0 Å². The lowest BCUT2D eigenvalue weighted by Gasteiger charge is -2.29. The molecule has 1 rings (SSSR count). The third-order valence-corrected chi connectivity index (χ3v) is 3.71. The number of amides is 1.